The van der Waals surface area contributed by atoms with Crippen LogP contribution in [-0.4, -0.2) is 25.0 Å². The molecular formula is C12H25ClN2O. The topological polar surface area (TPSA) is 41.1 Å². The fourth-order valence-corrected chi connectivity index (χ4v) is 2.07. The lowest BCUT2D eigenvalue weighted by molar-refractivity contribution is -0.125. The van der Waals surface area contributed by atoms with Gasteiger partial charge in [0.25, 0.3) is 0 Å². The summed E-state index contributed by atoms with van der Waals surface area (Å²) in [6, 6.07) is 0.369. The summed E-state index contributed by atoms with van der Waals surface area (Å²) in [4.78, 5) is 11.9. The molecule has 0 saturated carbocycles. The molecule has 2 atom stereocenters. The first kappa shape index (κ1) is 15.7. The predicted octanol–water partition coefficient (Wildman–Crippen LogP) is 2.10. The van der Waals surface area contributed by atoms with Crippen LogP contribution in [0.2, 0.25) is 0 Å². The van der Waals surface area contributed by atoms with E-state index in [1.165, 1.54) is 6.42 Å². The lowest BCUT2D eigenvalue weighted by Crippen LogP contribution is -2.39. The molecule has 0 aromatic rings. The van der Waals surface area contributed by atoms with E-state index in [0.717, 1.165) is 38.8 Å². The number of carbonyl (C=O) groups excluding carboxylic acids is 1. The van der Waals surface area contributed by atoms with Crippen LogP contribution in [0.25, 0.3) is 0 Å². The van der Waals surface area contributed by atoms with Crippen LogP contribution in [0.1, 0.15) is 46.0 Å². The average Bonchev–Trinajstić information content (AvgIpc) is 2.71. The Labute approximate surface area is 105 Å². The standard InChI is InChI=1S/C12H24N2O.ClH/c1-3-5-6-10(4-2)12(15)14-11-7-8-13-9-11;/h10-11,13H,3-9H2,1-2H3,(H,14,15);1H. The Morgan fingerprint density at radius 1 is 1.50 bits per heavy atom. The Morgan fingerprint density at radius 2 is 2.25 bits per heavy atom. The number of carbonyl (C=O) groups is 1. The maximum absolute atomic E-state index is 11.9. The van der Waals surface area contributed by atoms with E-state index in [-0.39, 0.29) is 24.2 Å². The van der Waals surface area contributed by atoms with Crippen molar-refractivity contribution in [1.82, 2.24) is 10.6 Å². The number of amides is 1. The second-order valence-corrected chi connectivity index (χ2v) is 4.45. The Bertz CT molecular complexity index is 193. The molecule has 2 N–H and O–H groups in total. The summed E-state index contributed by atoms with van der Waals surface area (Å²) in [7, 11) is 0. The summed E-state index contributed by atoms with van der Waals surface area (Å²) < 4.78 is 0. The summed E-state index contributed by atoms with van der Waals surface area (Å²) in [5.74, 6) is 0.491. The SMILES string of the molecule is CCCCC(CC)C(=O)NC1CCNC1.Cl. The van der Waals surface area contributed by atoms with Crippen molar-refractivity contribution in [1.29, 1.82) is 0 Å². The molecule has 1 saturated heterocycles. The van der Waals surface area contributed by atoms with Gasteiger partial charge in [-0.1, -0.05) is 26.7 Å². The van der Waals surface area contributed by atoms with Gasteiger partial charge in [-0.2, -0.15) is 0 Å². The van der Waals surface area contributed by atoms with Crippen LogP contribution in [-0.2, 0) is 4.79 Å². The number of halogens is 1. The Morgan fingerprint density at radius 3 is 2.75 bits per heavy atom. The highest BCUT2D eigenvalue weighted by Gasteiger charge is 2.21. The van der Waals surface area contributed by atoms with Crippen LogP contribution in [0.15, 0.2) is 0 Å². The first-order valence-corrected chi connectivity index (χ1v) is 6.29. The molecule has 16 heavy (non-hydrogen) atoms. The van der Waals surface area contributed by atoms with Crippen molar-refractivity contribution >= 4 is 18.3 Å². The smallest absolute Gasteiger partial charge is 0.223 e. The van der Waals surface area contributed by atoms with Crippen LogP contribution >= 0.6 is 12.4 Å². The van der Waals surface area contributed by atoms with Crippen LogP contribution in [0.3, 0.4) is 0 Å². The summed E-state index contributed by atoms with van der Waals surface area (Å²) in [5.41, 5.74) is 0. The van der Waals surface area contributed by atoms with Gasteiger partial charge < -0.3 is 10.6 Å². The summed E-state index contributed by atoms with van der Waals surface area (Å²) in [6.45, 7) is 6.25. The normalized spacial score (nSPS) is 21.2. The molecule has 96 valence electrons. The van der Waals surface area contributed by atoms with E-state index < -0.39 is 0 Å². The molecule has 2 unspecified atom stereocenters. The lowest BCUT2D eigenvalue weighted by Gasteiger charge is -2.17. The molecule has 4 heteroatoms. The number of hydrogen-bond acceptors (Lipinski definition) is 2. The van der Waals surface area contributed by atoms with E-state index in [0.29, 0.717) is 6.04 Å². The molecule has 3 nitrogen and oxygen atoms in total. The highest BCUT2D eigenvalue weighted by Crippen LogP contribution is 2.13. The van der Waals surface area contributed by atoms with Gasteiger partial charge in [0.05, 0.1) is 0 Å². The second kappa shape index (κ2) is 8.82. The molecule has 1 heterocycles. The summed E-state index contributed by atoms with van der Waals surface area (Å²) >= 11 is 0. The highest BCUT2D eigenvalue weighted by atomic mass is 35.5. The van der Waals surface area contributed by atoms with Gasteiger partial charge in [-0.15, -0.1) is 12.4 Å². The molecule has 1 amide bonds. The van der Waals surface area contributed by atoms with Crippen molar-refractivity contribution in [3.05, 3.63) is 0 Å². The Balaban J connectivity index is 0.00000225. The fraction of sp³-hybridized carbons (Fsp3) is 0.917. The van der Waals surface area contributed by atoms with Gasteiger partial charge in [0, 0.05) is 18.5 Å². The summed E-state index contributed by atoms with van der Waals surface area (Å²) in [6.07, 6.45) is 5.42. The van der Waals surface area contributed by atoms with Gasteiger partial charge in [-0.25, -0.2) is 0 Å². The molecular weight excluding hydrogens is 224 g/mol. The molecule has 0 aliphatic carbocycles. The van der Waals surface area contributed by atoms with Crippen LogP contribution < -0.4 is 10.6 Å². The molecule has 0 spiro atoms. The molecule has 0 bridgehead atoms. The zero-order valence-corrected chi connectivity index (χ0v) is 11.2. The van der Waals surface area contributed by atoms with Gasteiger partial charge in [0.15, 0.2) is 0 Å². The van der Waals surface area contributed by atoms with Gasteiger partial charge in [-0.05, 0) is 25.8 Å². The predicted molar refractivity (Wildman–Crippen MR) is 70.0 cm³/mol. The molecule has 1 fully saturated rings. The molecule has 1 rings (SSSR count). The zero-order chi connectivity index (χ0) is 11.1. The van der Waals surface area contributed by atoms with E-state index in [4.69, 9.17) is 0 Å². The molecule has 0 aromatic heterocycles. The van der Waals surface area contributed by atoms with Gasteiger partial charge in [0.1, 0.15) is 0 Å². The highest BCUT2D eigenvalue weighted by molar-refractivity contribution is 5.85. The minimum atomic E-state index is 0. The third-order valence-corrected chi connectivity index (χ3v) is 3.18. The van der Waals surface area contributed by atoms with E-state index in [9.17, 15) is 4.79 Å². The number of nitrogens with one attached hydrogen (secondary N) is 2. The molecule has 0 aromatic carbocycles. The Hall–Kier alpha value is -0.280. The van der Waals surface area contributed by atoms with Crippen molar-refractivity contribution < 1.29 is 4.79 Å². The van der Waals surface area contributed by atoms with Crippen LogP contribution in [0, 0.1) is 5.92 Å². The third-order valence-electron chi connectivity index (χ3n) is 3.18. The van der Waals surface area contributed by atoms with Gasteiger partial charge >= 0.3 is 0 Å². The van der Waals surface area contributed by atoms with Crippen molar-refractivity contribution in [2.75, 3.05) is 13.1 Å². The van der Waals surface area contributed by atoms with Crippen LogP contribution in [0.5, 0.6) is 0 Å². The van der Waals surface area contributed by atoms with Crippen molar-refractivity contribution in [3.63, 3.8) is 0 Å². The minimum Gasteiger partial charge on any atom is -0.352 e. The third kappa shape index (κ3) is 5.17. The molecule has 0 radical (unpaired) electrons. The number of rotatable bonds is 6. The monoisotopic (exact) mass is 248 g/mol. The second-order valence-electron chi connectivity index (χ2n) is 4.45. The Kier molecular flexibility index (Phi) is 8.67. The van der Waals surface area contributed by atoms with E-state index in [1.807, 2.05) is 0 Å². The van der Waals surface area contributed by atoms with Crippen LogP contribution in [0.4, 0.5) is 0 Å². The lowest BCUT2D eigenvalue weighted by atomic mass is 9.98. The molecule has 1 aliphatic heterocycles. The quantitative estimate of drug-likeness (QED) is 0.756. The summed E-state index contributed by atoms with van der Waals surface area (Å²) in [5, 5.41) is 6.40. The van der Waals surface area contributed by atoms with Gasteiger partial charge in [0.2, 0.25) is 5.91 Å². The maximum atomic E-state index is 11.9. The maximum Gasteiger partial charge on any atom is 0.223 e. The first-order chi connectivity index (χ1) is 7.27. The number of unbranched alkanes of at least 4 members (excludes halogenated alkanes) is 1. The van der Waals surface area contributed by atoms with Crippen molar-refractivity contribution in [2.45, 2.75) is 52.0 Å². The van der Waals surface area contributed by atoms with Crippen molar-refractivity contribution in [3.8, 4) is 0 Å². The van der Waals surface area contributed by atoms with E-state index in [1.54, 1.807) is 0 Å². The van der Waals surface area contributed by atoms with Gasteiger partial charge in [-0.3, -0.25) is 4.79 Å². The minimum absolute atomic E-state index is 0. The zero-order valence-electron chi connectivity index (χ0n) is 10.4. The molecule has 1 aliphatic rings. The fourth-order valence-electron chi connectivity index (χ4n) is 2.07. The van der Waals surface area contributed by atoms with E-state index >= 15 is 0 Å². The largest absolute Gasteiger partial charge is 0.352 e. The van der Waals surface area contributed by atoms with E-state index in [2.05, 4.69) is 24.5 Å². The number of hydrogen-bond donors (Lipinski definition) is 2. The average molecular weight is 249 g/mol. The van der Waals surface area contributed by atoms with Crippen molar-refractivity contribution in [2.24, 2.45) is 5.92 Å². The first-order valence-electron chi connectivity index (χ1n) is 6.29.